The Bertz CT molecular complexity index is 818. The molecule has 1 fully saturated rings. The number of benzene rings is 1. The second-order valence-electron chi connectivity index (χ2n) is 7.97. The smallest absolute Gasteiger partial charge is 0.311 e. The maximum Gasteiger partial charge on any atom is 0.311 e. The van der Waals surface area contributed by atoms with Gasteiger partial charge in [-0.05, 0) is 64.8 Å². The molecule has 1 amide bonds. The Labute approximate surface area is 165 Å². The molecule has 1 N–H and O–H groups in total. The van der Waals surface area contributed by atoms with Crippen LogP contribution in [0.15, 0.2) is 29.2 Å². The quantitative estimate of drug-likeness (QED) is 0.745. The van der Waals surface area contributed by atoms with E-state index in [0.717, 1.165) is 12.1 Å². The number of piperidine rings is 1. The summed E-state index contributed by atoms with van der Waals surface area (Å²) in [6.45, 7) is 7.17. The zero-order valence-corrected chi connectivity index (χ0v) is 17.4. The van der Waals surface area contributed by atoms with Crippen LogP contribution in [-0.4, -0.2) is 49.3 Å². The summed E-state index contributed by atoms with van der Waals surface area (Å²) < 4.78 is 45.0. The van der Waals surface area contributed by atoms with Crippen molar-refractivity contribution in [2.45, 2.75) is 57.1 Å². The highest BCUT2D eigenvalue weighted by Crippen LogP contribution is 2.25. The summed E-state index contributed by atoms with van der Waals surface area (Å²) >= 11 is 0. The molecule has 0 saturated carbocycles. The summed E-state index contributed by atoms with van der Waals surface area (Å²) in [5.74, 6) is -2.20. The SMILES string of the molecule is C[C@@H](OC(=O)[C@@H]1CCCN(S(=O)(=O)c2ccc(F)cc2)C1)C(=O)NC(C)(C)C. The number of sulfonamides is 1. The third-order valence-electron chi connectivity index (χ3n) is 4.33. The van der Waals surface area contributed by atoms with Gasteiger partial charge >= 0.3 is 5.97 Å². The van der Waals surface area contributed by atoms with Crippen LogP contribution in [0.5, 0.6) is 0 Å². The minimum Gasteiger partial charge on any atom is -0.452 e. The van der Waals surface area contributed by atoms with Gasteiger partial charge in [-0.15, -0.1) is 0 Å². The molecule has 9 heteroatoms. The molecule has 1 aliphatic heterocycles. The van der Waals surface area contributed by atoms with Gasteiger partial charge in [-0.1, -0.05) is 0 Å². The molecule has 0 aliphatic carbocycles. The molecule has 0 spiro atoms. The lowest BCUT2D eigenvalue weighted by Gasteiger charge is -2.31. The third kappa shape index (κ3) is 5.75. The molecule has 1 saturated heterocycles. The number of amides is 1. The van der Waals surface area contributed by atoms with Crippen LogP contribution >= 0.6 is 0 Å². The Morgan fingerprint density at radius 1 is 1.25 bits per heavy atom. The number of hydrogen-bond donors (Lipinski definition) is 1. The standard InChI is InChI=1S/C19H27FN2O5S/c1-13(17(23)21-19(2,3)4)27-18(24)14-6-5-11-22(12-14)28(25,26)16-9-7-15(20)8-10-16/h7-10,13-14H,5-6,11-12H2,1-4H3,(H,21,23)/t13-,14-/m1/s1. The first-order valence-corrected chi connectivity index (χ1v) is 10.6. The van der Waals surface area contributed by atoms with E-state index in [1.807, 2.05) is 20.8 Å². The summed E-state index contributed by atoms with van der Waals surface area (Å²) in [4.78, 5) is 24.5. The first kappa shape index (κ1) is 22.3. The maximum absolute atomic E-state index is 13.1. The summed E-state index contributed by atoms with van der Waals surface area (Å²) in [5.41, 5.74) is -0.456. The largest absolute Gasteiger partial charge is 0.452 e. The van der Waals surface area contributed by atoms with E-state index in [9.17, 15) is 22.4 Å². The fraction of sp³-hybridized carbons (Fsp3) is 0.579. The molecule has 1 heterocycles. The molecular formula is C19H27FN2O5S. The zero-order valence-electron chi connectivity index (χ0n) is 16.6. The Morgan fingerprint density at radius 2 is 1.86 bits per heavy atom. The molecule has 28 heavy (non-hydrogen) atoms. The van der Waals surface area contributed by atoms with Gasteiger partial charge in [-0.25, -0.2) is 12.8 Å². The van der Waals surface area contributed by atoms with E-state index < -0.39 is 45.3 Å². The van der Waals surface area contributed by atoms with Crippen LogP contribution in [0.1, 0.15) is 40.5 Å². The maximum atomic E-state index is 13.1. The average Bonchev–Trinajstić information content (AvgIpc) is 2.60. The monoisotopic (exact) mass is 414 g/mol. The predicted octanol–water partition coefficient (Wildman–Crippen LogP) is 2.07. The second-order valence-corrected chi connectivity index (χ2v) is 9.91. The van der Waals surface area contributed by atoms with Crippen LogP contribution in [0.25, 0.3) is 0 Å². The molecule has 0 bridgehead atoms. The highest BCUT2D eigenvalue weighted by atomic mass is 32.2. The lowest BCUT2D eigenvalue weighted by atomic mass is 10.00. The van der Waals surface area contributed by atoms with Crippen molar-refractivity contribution in [2.75, 3.05) is 13.1 Å². The normalized spacial score (nSPS) is 19.7. The first-order chi connectivity index (χ1) is 12.9. The van der Waals surface area contributed by atoms with Crippen molar-refractivity contribution >= 4 is 21.9 Å². The minimum atomic E-state index is -3.83. The van der Waals surface area contributed by atoms with E-state index in [4.69, 9.17) is 4.74 Å². The number of nitrogens with zero attached hydrogens (tertiary/aromatic N) is 1. The van der Waals surface area contributed by atoms with E-state index in [1.165, 1.54) is 23.4 Å². The number of esters is 1. The number of ether oxygens (including phenoxy) is 1. The van der Waals surface area contributed by atoms with E-state index in [-0.39, 0.29) is 18.0 Å². The van der Waals surface area contributed by atoms with E-state index in [0.29, 0.717) is 12.8 Å². The Morgan fingerprint density at radius 3 is 2.43 bits per heavy atom. The summed E-state index contributed by atoms with van der Waals surface area (Å²) in [5, 5.41) is 2.73. The van der Waals surface area contributed by atoms with Crippen LogP contribution in [0, 0.1) is 11.7 Å². The summed E-state index contributed by atoms with van der Waals surface area (Å²) in [7, 11) is -3.83. The molecule has 1 aromatic rings. The van der Waals surface area contributed by atoms with Crippen LogP contribution in [0.2, 0.25) is 0 Å². The lowest BCUT2D eigenvalue weighted by molar-refractivity contribution is -0.160. The van der Waals surface area contributed by atoms with E-state index in [1.54, 1.807) is 0 Å². The molecular weight excluding hydrogens is 387 g/mol. The number of halogens is 1. The zero-order chi connectivity index (χ0) is 21.1. The van der Waals surface area contributed by atoms with Crippen molar-refractivity contribution in [1.82, 2.24) is 9.62 Å². The number of hydrogen-bond acceptors (Lipinski definition) is 5. The molecule has 7 nitrogen and oxygen atoms in total. The Balaban J connectivity index is 2.03. The Hall–Kier alpha value is -2.00. The number of carbonyl (C=O) groups excluding carboxylic acids is 2. The van der Waals surface area contributed by atoms with Gasteiger partial charge in [-0.3, -0.25) is 9.59 Å². The van der Waals surface area contributed by atoms with Gasteiger partial charge in [0.2, 0.25) is 10.0 Å². The molecule has 0 unspecified atom stereocenters. The summed E-state index contributed by atoms with van der Waals surface area (Å²) in [6, 6.07) is 4.56. The van der Waals surface area contributed by atoms with Crippen molar-refractivity contribution in [2.24, 2.45) is 5.92 Å². The number of nitrogens with one attached hydrogen (secondary N) is 1. The predicted molar refractivity (Wildman–Crippen MR) is 101 cm³/mol. The fourth-order valence-corrected chi connectivity index (χ4v) is 4.43. The molecule has 0 aromatic heterocycles. The molecule has 156 valence electrons. The highest BCUT2D eigenvalue weighted by Gasteiger charge is 2.35. The summed E-state index contributed by atoms with van der Waals surface area (Å²) in [6.07, 6.45) is -0.0132. The van der Waals surface area contributed by atoms with Crippen LogP contribution < -0.4 is 5.32 Å². The first-order valence-electron chi connectivity index (χ1n) is 9.18. The molecule has 0 radical (unpaired) electrons. The van der Waals surface area contributed by atoms with Gasteiger partial charge < -0.3 is 10.1 Å². The van der Waals surface area contributed by atoms with Gasteiger partial charge in [0, 0.05) is 18.6 Å². The molecule has 2 rings (SSSR count). The molecule has 2 atom stereocenters. The van der Waals surface area contributed by atoms with Gasteiger partial charge in [-0.2, -0.15) is 4.31 Å². The van der Waals surface area contributed by atoms with Gasteiger partial charge in [0.25, 0.3) is 5.91 Å². The van der Waals surface area contributed by atoms with E-state index >= 15 is 0 Å². The fourth-order valence-electron chi connectivity index (χ4n) is 2.90. The van der Waals surface area contributed by atoms with Crippen LogP contribution in [0.3, 0.4) is 0 Å². The van der Waals surface area contributed by atoms with E-state index in [2.05, 4.69) is 5.32 Å². The second kappa shape index (κ2) is 8.57. The minimum absolute atomic E-state index is 0.0270. The van der Waals surface area contributed by atoms with Crippen molar-refractivity contribution in [3.63, 3.8) is 0 Å². The van der Waals surface area contributed by atoms with Gasteiger partial charge in [0.1, 0.15) is 5.82 Å². The van der Waals surface area contributed by atoms with Crippen molar-refractivity contribution < 1.29 is 27.1 Å². The molecule has 1 aliphatic rings. The van der Waals surface area contributed by atoms with Crippen LogP contribution in [0.4, 0.5) is 4.39 Å². The third-order valence-corrected chi connectivity index (χ3v) is 6.21. The Kier molecular flexibility index (Phi) is 6.82. The van der Waals surface area contributed by atoms with Gasteiger partial charge in [0.05, 0.1) is 10.8 Å². The topological polar surface area (TPSA) is 92.8 Å². The number of carbonyl (C=O) groups is 2. The van der Waals surface area contributed by atoms with Gasteiger partial charge in [0.15, 0.2) is 6.10 Å². The van der Waals surface area contributed by atoms with Crippen molar-refractivity contribution in [1.29, 1.82) is 0 Å². The number of rotatable bonds is 5. The van der Waals surface area contributed by atoms with Crippen molar-refractivity contribution in [3.05, 3.63) is 30.1 Å². The van der Waals surface area contributed by atoms with Crippen molar-refractivity contribution in [3.8, 4) is 0 Å². The van der Waals surface area contributed by atoms with Crippen LogP contribution in [-0.2, 0) is 24.3 Å². The lowest BCUT2D eigenvalue weighted by Crippen LogP contribution is -2.48. The molecule has 1 aromatic carbocycles. The average molecular weight is 414 g/mol. The highest BCUT2D eigenvalue weighted by molar-refractivity contribution is 7.89.